The predicted octanol–water partition coefficient (Wildman–Crippen LogP) is -2.72. The molecule has 0 rings (SSSR count). The van der Waals surface area contributed by atoms with E-state index in [9.17, 15) is 14.7 Å². The van der Waals surface area contributed by atoms with Gasteiger partial charge in [-0.05, 0) is 0 Å². The van der Waals surface area contributed by atoms with Crippen molar-refractivity contribution in [1.29, 1.82) is 0 Å². The highest BCUT2D eigenvalue weighted by molar-refractivity contribution is 5.72. The minimum Gasteiger partial charge on any atom is -0.544 e. The van der Waals surface area contributed by atoms with E-state index in [0.29, 0.717) is 0 Å². The molecule has 0 spiro atoms. The van der Waals surface area contributed by atoms with E-state index in [2.05, 4.69) is 0 Å². The van der Waals surface area contributed by atoms with Gasteiger partial charge in [-0.25, -0.2) is 4.79 Å². The van der Waals surface area contributed by atoms with Crippen molar-refractivity contribution in [3.05, 3.63) is 0 Å². The number of carboxylic acid groups (broad SMARTS) is 2. The molecule has 0 bridgehead atoms. The summed E-state index contributed by atoms with van der Waals surface area (Å²) in [4.78, 5) is 21.2. The molecule has 0 saturated carbocycles. The number of hydrogen-bond acceptors (Lipinski definition) is 7. The Morgan fingerprint density at radius 2 is 1.71 bits per heavy atom. The molecule has 85 valence electrons. The van der Waals surface area contributed by atoms with Gasteiger partial charge in [0.15, 0.2) is 6.54 Å². The summed E-state index contributed by atoms with van der Waals surface area (Å²) in [6, 6.07) is 0. The molecular weight excluding hydrogens is 194 g/mol. The van der Waals surface area contributed by atoms with Crippen LogP contribution < -0.4 is 22.3 Å². The van der Waals surface area contributed by atoms with E-state index in [4.69, 9.17) is 10.2 Å². The Kier molecular flexibility index (Phi) is 13.1. The zero-order valence-electron chi connectivity index (χ0n) is 7.81. The number of aliphatic carboxylic acids is 2. The molecule has 0 heterocycles. The Labute approximate surface area is 81.3 Å². The van der Waals surface area contributed by atoms with Gasteiger partial charge in [0, 0.05) is 0 Å². The number of hydrogen-bond donors (Lipinski definition) is 4. The van der Waals surface area contributed by atoms with E-state index in [1.807, 2.05) is 0 Å². The minimum atomic E-state index is -1.36. The molecule has 0 aromatic carbocycles. The summed E-state index contributed by atoms with van der Waals surface area (Å²) in [6.45, 7) is -1.15. The van der Waals surface area contributed by atoms with Crippen LogP contribution in [0.1, 0.15) is 0 Å². The second kappa shape index (κ2) is 9.86. The fourth-order valence-corrected chi connectivity index (χ4v) is 0.729. The van der Waals surface area contributed by atoms with Crippen molar-refractivity contribution in [2.45, 2.75) is 0 Å². The van der Waals surface area contributed by atoms with Crippen LogP contribution in [0.3, 0.4) is 0 Å². The highest BCUT2D eigenvalue weighted by Crippen LogP contribution is 1.81. The third-order valence-corrected chi connectivity index (χ3v) is 1.13. The fourth-order valence-electron chi connectivity index (χ4n) is 0.729. The summed E-state index contributed by atoms with van der Waals surface area (Å²) in [6.07, 6.45) is 0. The first kappa shape index (κ1) is 18.5. The normalized spacial score (nSPS) is 8.71. The zero-order chi connectivity index (χ0) is 9.56. The Bertz CT molecular complexity index is 159. The van der Waals surface area contributed by atoms with Crippen molar-refractivity contribution in [2.75, 3.05) is 26.2 Å². The molecule has 0 aliphatic heterocycles. The number of rotatable bonds is 6. The van der Waals surface area contributed by atoms with Crippen molar-refractivity contribution in [1.82, 2.24) is 17.2 Å². The van der Waals surface area contributed by atoms with Crippen molar-refractivity contribution < 1.29 is 24.9 Å². The lowest BCUT2D eigenvalue weighted by molar-refractivity contribution is -0.305. The Balaban J connectivity index is -0.000000605. The molecule has 8 heteroatoms. The van der Waals surface area contributed by atoms with E-state index in [1.54, 1.807) is 0 Å². The summed E-state index contributed by atoms with van der Waals surface area (Å²) in [5.41, 5.74) is 0. The number of aliphatic hydroxyl groups excluding tert-OH is 1. The van der Waals surface area contributed by atoms with Gasteiger partial charge in [-0.3, -0.25) is 0 Å². The van der Waals surface area contributed by atoms with E-state index in [-0.39, 0.29) is 25.5 Å². The van der Waals surface area contributed by atoms with Gasteiger partial charge < -0.3 is 32.4 Å². The molecule has 0 atom stereocenters. The maximum absolute atomic E-state index is 10.1. The van der Waals surface area contributed by atoms with Crippen LogP contribution in [0.25, 0.3) is 0 Å². The molecule has 1 radical (unpaired) electrons. The summed E-state index contributed by atoms with van der Waals surface area (Å²) in [5.74, 6) is -2.49. The van der Waals surface area contributed by atoms with E-state index >= 15 is 0 Å². The Morgan fingerprint density at radius 3 is 2.00 bits per heavy atom. The predicted molar refractivity (Wildman–Crippen MR) is 46.5 cm³/mol. The standard InChI is InChI=1S/C6H11NO5.2H3N/c8-2-1-7(3-5(9)10)4-6(11)12;;/h8H,1-4H2,(H,9,10)(H,11,12);2*1H3/q+1;;/p-1. The van der Waals surface area contributed by atoms with Crippen LogP contribution in [0.5, 0.6) is 0 Å². The average molecular weight is 210 g/mol. The van der Waals surface area contributed by atoms with Gasteiger partial charge in [-0.1, -0.05) is 0 Å². The summed E-state index contributed by atoms with van der Waals surface area (Å²) in [5, 5.41) is 26.7. The first-order valence-corrected chi connectivity index (χ1v) is 3.31. The maximum atomic E-state index is 10.1. The highest BCUT2D eigenvalue weighted by atomic mass is 16.4. The SMILES string of the molecule is N.N.O=C([O-])C[N+](CCO)CC(=O)O. The highest BCUT2D eigenvalue weighted by Gasteiger charge is 2.18. The smallest absolute Gasteiger partial charge is 0.364 e. The van der Waals surface area contributed by atoms with Crippen LogP contribution in [0.4, 0.5) is 0 Å². The lowest BCUT2D eigenvalue weighted by Gasteiger charge is -2.08. The molecule has 0 amide bonds. The Morgan fingerprint density at radius 1 is 1.21 bits per heavy atom. The second-order valence-corrected chi connectivity index (χ2v) is 2.20. The molecule has 8 nitrogen and oxygen atoms in total. The number of aliphatic hydroxyl groups is 1. The molecule has 0 fully saturated rings. The summed E-state index contributed by atoms with van der Waals surface area (Å²) < 4.78 is 0. The van der Waals surface area contributed by atoms with Crippen molar-refractivity contribution >= 4 is 11.9 Å². The molecule has 0 saturated heterocycles. The monoisotopic (exact) mass is 210 g/mol. The molecule has 0 aliphatic rings. The fraction of sp³-hybridized carbons (Fsp3) is 0.667. The molecular formula is C6H16N3O5. The van der Waals surface area contributed by atoms with Crippen LogP contribution in [-0.4, -0.2) is 48.4 Å². The number of nitrogens with zero attached hydrogens (tertiary/aromatic N) is 1. The van der Waals surface area contributed by atoms with Gasteiger partial charge in [-0.15, -0.1) is 0 Å². The van der Waals surface area contributed by atoms with E-state index in [1.165, 1.54) is 0 Å². The lowest BCUT2D eigenvalue weighted by Crippen LogP contribution is -2.46. The molecule has 0 aliphatic carbocycles. The number of carbonyl (C=O) groups is 2. The van der Waals surface area contributed by atoms with Crippen LogP contribution in [-0.2, 0) is 9.59 Å². The quantitative estimate of drug-likeness (QED) is 0.344. The Hall–Kier alpha value is -1.22. The van der Waals surface area contributed by atoms with Gasteiger partial charge in [0.2, 0.25) is 6.54 Å². The van der Waals surface area contributed by atoms with Gasteiger partial charge in [-0.2, -0.15) is 4.90 Å². The van der Waals surface area contributed by atoms with Gasteiger partial charge >= 0.3 is 5.97 Å². The van der Waals surface area contributed by atoms with E-state index in [0.717, 1.165) is 4.90 Å². The largest absolute Gasteiger partial charge is 0.544 e. The average Bonchev–Trinajstić information content (AvgIpc) is 1.84. The van der Waals surface area contributed by atoms with Crippen molar-refractivity contribution in [2.24, 2.45) is 0 Å². The van der Waals surface area contributed by atoms with Crippen molar-refractivity contribution in [3.8, 4) is 0 Å². The maximum Gasteiger partial charge on any atom is 0.364 e. The minimum absolute atomic E-state index is 0. The van der Waals surface area contributed by atoms with Gasteiger partial charge in [0.1, 0.15) is 12.5 Å². The van der Waals surface area contributed by atoms with E-state index < -0.39 is 25.0 Å². The topological polar surface area (TPSA) is 174 Å². The van der Waals surface area contributed by atoms with Crippen LogP contribution >= 0.6 is 0 Å². The third-order valence-electron chi connectivity index (χ3n) is 1.13. The summed E-state index contributed by atoms with van der Waals surface area (Å²) >= 11 is 0. The second-order valence-electron chi connectivity index (χ2n) is 2.20. The number of carbonyl (C=O) groups excluding carboxylic acids is 1. The first-order chi connectivity index (χ1) is 5.56. The zero-order valence-corrected chi connectivity index (χ0v) is 7.81. The third kappa shape index (κ3) is 10.8. The van der Waals surface area contributed by atoms with Crippen LogP contribution in [0.15, 0.2) is 0 Å². The molecule has 8 N–H and O–H groups in total. The number of carboxylic acids is 2. The lowest BCUT2D eigenvalue weighted by atomic mass is 10.4. The molecule has 0 aromatic rings. The first-order valence-electron chi connectivity index (χ1n) is 3.31. The summed E-state index contributed by atoms with van der Waals surface area (Å²) in [7, 11) is 0. The molecule has 0 aromatic heterocycles. The van der Waals surface area contributed by atoms with Crippen LogP contribution in [0.2, 0.25) is 0 Å². The van der Waals surface area contributed by atoms with Crippen LogP contribution in [0, 0.1) is 0 Å². The van der Waals surface area contributed by atoms with Crippen molar-refractivity contribution in [3.63, 3.8) is 0 Å². The molecule has 0 unspecified atom stereocenters. The van der Waals surface area contributed by atoms with Gasteiger partial charge in [0.25, 0.3) is 0 Å². The molecule has 14 heavy (non-hydrogen) atoms. The van der Waals surface area contributed by atoms with Gasteiger partial charge in [0.05, 0.1) is 6.61 Å².